The molecule has 1 aromatic heterocycles. The second-order valence-corrected chi connectivity index (χ2v) is 3.96. The zero-order valence-electron chi connectivity index (χ0n) is 8.30. The van der Waals surface area contributed by atoms with E-state index in [0.29, 0.717) is 6.61 Å². The number of thiazole rings is 1. The average Bonchev–Trinajstić information content (AvgIpc) is 2.60. The van der Waals surface area contributed by atoms with E-state index in [1.807, 2.05) is 25.1 Å². The predicted molar refractivity (Wildman–Crippen MR) is 62.6 cm³/mol. The Hall–Kier alpha value is -1.62. The molecule has 0 aliphatic rings. The number of nitrogens with zero attached hydrogens (tertiary/aromatic N) is 2. The van der Waals surface area contributed by atoms with Crippen molar-refractivity contribution < 1.29 is 4.74 Å². The summed E-state index contributed by atoms with van der Waals surface area (Å²) in [5.74, 6) is 5.94. The van der Waals surface area contributed by atoms with E-state index in [9.17, 15) is 0 Å². The number of hydrazone groups is 1. The molecule has 0 atom stereocenters. The van der Waals surface area contributed by atoms with Crippen LogP contribution in [0.15, 0.2) is 23.3 Å². The maximum absolute atomic E-state index is 5.40. The highest BCUT2D eigenvalue weighted by molar-refractivity contribution is 7.20. The van der Waals surface area contributed by atoms with Gasteiger partial charge in [0.25, 0.3) is 0 Å². The molecule has 0 spiro atoms. The summed E-state index contributed by atoms with van der Waals surface area (Å²) in [5, 5.41) is 4.26. The van der Waals surface area contributed by atoms with Gasteiger partial charge in [0.2, 0.25) is 0 Å². The summed E-state index contributed by atoms with van der Waals surface area (Å²) in [4.78, 5) is 4.34. The fourth-order valence-electron chi connectivity index (χ4n) is 1.30. The molecule has 1 heterocycles. The summed E-state index contributed by atoms with van der Waals surface area (Å²) >= 11 is 1.54. The summed E-state index contributed by atoms with van der Waals surface area (Å²) in [7, 11) is 0. The van der Waals surface area contributed by atoms with Gasteiger partial charge in [0.1, 0.15) is 10.8 Å². The molecule has 0 aliphatic heterocycles. The second kappa shape index (κ2) is 4.27. The van der Waals surface area contributed by atoms with Crippen LogP contribution in [0.2, 0.25) is 0 Å². The average molecular weight is 221 g/mol. The zero-order valence-corrected chi connectivity index (χ0v) is 9.12. The van der Waals surface area contributed by atoms with Crippen LogP contribution >= 0.6 is 11.3 Å². The number of aromatic nitrogens is 1. The molecule has 15 heavy (non-hydrogen) atoms. The summed E-state index contributed by atoms with van der Waals surface area (Å²) < 4.78 is 6.48. The van der Waals surface area contributed by atoms with Gasteiger partial charge in [-0.15, -0.1) is 11.3 Å². The van der Waals surface area contributed by atoms with Gasteiger partial charge in [0.05, 0.1) is 23.0 Å². The van der Waals surface area contributed by atoms with Gasteiger partial charge in [-0.05, 0) is 25.1 Å². The van der Waals surface area contributed by atoms with E-state index in [1.54, 1.807) is 17.6 Å². The van der Waals surface area contributed by atoms with Gasteiger partial charge in [0, 0.05) is 0 Å². The smallest absolute Gasteiger partial charge is 0.137 e. The predicted octanol–water partition coefficient (Wildman–Crippen LogP) is 1.99. The Kier molecular flexibility index (Phi) is 2.82. The molecule has 0 saturated carbocycles. The highest BCUT2D eigenvalue weighted by Crippen LogP contribution is 2.25. The van der Waals surface area contributed by atoms with Crippen molar-refractivity contribution in [2.75, 3.05) is 6.61 Å². The zero-order chi connectivity index (χ0) is 10.7. The van der Waals surface area contributed by atoms with Gasteiger partial charge >= 0.3 is 0 Å². The highest BCUT2D eigenvalue weighted by atomic mass is 32.1. The Labute approximate surface area is 91.4 Å². The van der Waals surface area contributed by atoms with Crippen molar-refractivity contribution in [1.82, 2.24) is 4.98 Å². The molecule has 78 valence electrons. The van der Waals surface area contributed by atoms with E-state index in [-0.39, 0.29) is 0 Å². The third-order valence-corrected chi connectivity index (χ3v) is 2.83. The van der Waals surface area contributed by atoms with Crippen molar-refractivity contribution in [2.45, 2.75) is 6.92 Å². The monoisotopic (exact) mass is 221 g/mol. The molecule has 4 nitrogen and oxygen atoms in total. The molecule has 0 unspecified atom stereocenters. The number of rotatable bonds is 3. The lowest BCUT2D eigenvalue weighted by atomic mass is 10.3. The summed E-state index contributed by atoms with van der Waals surface area (Å²) in [6, 6.07) is 5.82. The standard InChI is InChI=1S/C10H11N3OS/c1-2-14-7-3-4-8-9(5-7)15-10(13-8)6-12-11/h3-6H,2,11H2,1H3. The minimum absolute atomic E-state index is 0.668. The molecular weight excluding hydrogens is 210 g/mol. The lowest BCUT2D eigenvalue weighted by molar-refractivity contribution is 0.341. The van der Waals surface area contributed by atoms with Crippen LogP contribution in [0.3, 0.4) is 0 Å². The maximum atomic E-state index is 5.40. The van der Waals surface area contributed by atoms with E-state index in [0.717, 1.165) is 21.0 Å². The van der Waals surface area contributed by atoms with Gasteiger partial charge in [-0.2, -0.15) is 5.10 Å². The molecule has 0 bridgehead atoms. The van der Waals surface area contributed by atoms with E-state index in [2.05, 4.69) is 10.1 Å². The fraction of sp³-hybridized carbons (Fsp3) is 0.200. The molecule has 0 saturated heterocycles. The number of ether oxygens (including phenoxy) is 1. The molecule has 2 aromatic rings. The number of hydrogen-bond donors (Lipinski definition) is 1. The Morgan fingerprint density at radius 2 is 2.47 bits per heavy atom. The van der Waals surface area contributed by atoms with Crippen LogP contribution in [0.4, 0.5) is 0 Å². The first-order valence-corrected chi connectivity index (χ1v) is 5.41. The van der Waals surface area contributed by atoms with Gasteiger partial charge < -0.3 is 10.6 Å². The topological polar surface area (TPSA) is 60.5 Å². The van der Waals surface area contributed by atoms with Crippen LogP contribution < -0.4 is 10.6 Å². The van der Waals surface area contributed by atoms with Crippen molar-refractivity contribution >= 4 is 27.8 Å². The van der Waals surface area contributed by atoms with Crippen LogP contribution in [-0.2, 0) is 0 Å². The number of fused-ring (bicyclic) bond motifs is 1. The fourth-order valence-corrected chi connectivity index (χ4v) is 2.17. The Balaban J connectivity index is 2.42. The van der Waals surface area contributed by atoms with Crippen LogP contribution in [0.5, 0.6) is 5.75 Å². The minimum Gasteiger partial charge on any atom is -0.494 e. The molecule has 0 radical (unpaired) electrons. The third-order valence-electron chi connectivity index (χ3n) is 1.87. The maximum Gasteiger partial charge on any atom is 0.137 e. The quantitative estimate of drug-likeness (QED) is 0.490. The molecule has 0 amide bonds. The molecule has 2 N–H and O–H groups in total. The summed E-state index contributed by atoms with van der Waals surface area (Å²) in [6.45, 7) is 2.63. The number of hydrogen-bond acceptors (Lipinski definition) is 5. The Morgan fingerprint density at radius 1 is 1.60 bits per heavy atom. The third kappa shape index (κ3) is 2.07. The molecule has 2 rings (SSSR count). The minimum atomic E-state index is 0.668. The van der Waals surface area contributed by atoms with Crippen LogP contribution in [-0.4, -0.2) is 17.8 Å². The van der Waals surface area contributed by atoms with E-state index in [1.165, 1.54) is 0 Å². The lowest BCUT2D eigenvalue weighted by Gasteiger charge is -2.00. The van der Waals surface area contributed by atoms with Crippen molar-refractivity contribution in [1.29, 1.82) is 0 Å². The van der Waals surface area contributed by atoms with Crippen molar-refractivity contribution in [3.05, 3.63) is 23.2 Å². The first kappa shape index (κ1) is 9.92. The highest BCUT2D eigenvalue weighted by Gasteiger charge is 2.03. The van der Waals surface area contributed by atoms with Crippen molar-refractivity contribution in [3.8, 4) is 5.75 Å². The molecule has 1 aromatic carbocycles. The molecule has 0 aliphatic carbocycles. The molecule has 5 heteroatoms. The van der Waals surface area contributed by atoms with Gasteiger partial charge in [-0.25, -0.2) is 4.98 Å². The summed E-state index contributed by atoms with van der Waals surface area (Å²) in [6.07, 6.45) is 1.55. The largest absolute Gasteiger partial charge is 0.494 e. The normalized spacial score (nSPS) is 11.3. The first-order valence-electron chi connectivity index (χ1n) is 4.60. The number of nitrogens with two attached hydrogens (primary N) is 1. The van der Waals surface area contributed by atoms with E-state index in [4.69, 9.17) is 10.6 Å². The molecule has 0 fully saturated rings. The van der Waals surface area contributed by atoms with Gasteiger partial charge in [0.15, 0.2) is 0 Å². The van der Waals surface area contributed by atoms with Crippen molar-refractivity contribution in [2.24, 2.45) is 10.9 Å². The van der Waals surface area contributed by atoms with Crippen molar-refractivity contribution in [3.63, 3.8) is 0 Å². The van der Waals surface area contributed by atoms with Crippen LogP contribution in [0.25, 0.3) is 10.2 Å². The van der Waals surface area contributed by atoms with E-state index < -0.39 is 0 Å². The second-order valence-electron chi connectivity index (χ2n) is 2.89. The van der Waals surface area contributed by atoms with Gasteiger partial charge in [-0.3, -0.25) is 0 Å². The van der Waals surface area contributed by atoms with Crippen LogP contribution in [0.1, 0.15) is 11.9 Å². The lowest BCUT2D eigenvalue weighted by Crippen LogP contribution is -1.89. The molecular formula is C10H11N3OS. The Bertz CT molecular complexity index is 492. The Morgan fingerprint density at radius 3 is 3.20 bits per heavy atom. The number of benzene rings is 1. The van der Waals surface area contributed by atoms with Gasteiger partial charge in [-0.1, -0.05) is 0 Å². The van der Waals surface area contributed by atoms with Crippen LogP contribution in [0, 0.1) is 0 Å². The summed E-state index contributed by atoms with van der Waals surface area (Å²) in [5.41, 5.74) is 0.943. The van der Waals surface area contributed by atoms with E-state index >= 15 is 0 Å². The first-order chi connectivity index (χ1) is 7.33. The SMILES string of the molecule is CCOc1ccc2nc(C=NN)sc2c1.